The topological polar surface area (TPSA) is 24.3 Å². The van der Waals surface area contributed by atoms with Crippen molar-refractivity contribution >= 4 is 17.3 Å². The number of anilines is 1. The molecular weight excluding hydrogens is 303 g/mol. The quantitative estimate of drug-likeness (QED) is 0.868. The van der Waals surface area contributed by atoms with Crippen LogP contribution in [0.5, 0.6) is 0 Å². The van der Waals surface area contributed by atoms with Crippen molar-refractivity contribution in [1.82, 2.24) is 14.5 Å². The van der Waals surface area contributed by atoms with E-state index in [9.17, 15) is 4.39 Å². The molecule has 22 heavy (non-hydrogen) atoms. The molecule has 1 aromatic carbocycles. The van der Waals surface area contributed by atoms with Crippen LogP contribution in [0.2, 0.25) is 5.15 Å². The molecule has 1 aliphatic rings. The zero-order chi connectivity index (χ0) is 15.5. The number of aromatic nitrogens is 2. The standard InChI is InChI=1S/C16H20ClFN4/c1-20-15(17)11-19-16(20)12-21-7-2-8-22(10-9-21)14-5-3-13(18)4-6-14/h3-6,11H,2,7-10,12H2,1H3. The van der Waals surface area contributed by atoms with E-state index in [0.29, 0.717) is 5.15 Å². The molecule has 6 heteroatoms. The second-order valence-corrected chi connectivity index (χ2v) is 6.04. The van der Waals surface area contributed by atoms with Gasteiger partial charge in [-0.15, -0.1) is 0 Å². The number of hydrogen-bond acceptors (Lipinski definition) is 3. The number of halogens is 2. The average molecular weight is 323 g/mol. The van der Waals surface area contributed by atoms with Gasteiger partial charge in [-0.25, -0.2) is 9.37 Å². The maximum atomic E-state index is 13.0. The van der Waals surface area contributed by atoms with Crippen LogP contribution < -0.4 is 4.90 Å². The molecule has 3 rings (SSSR count). The lowest BCUT2D eigenvalue weighted by molar-refractivity contribution is 0.275. The van der Waals surface area contributed by atoms with Crippen molar-refractivity contribution in [2.45, 2.75) is 13.0 Å². The molecule has 1 aliphatic heterocycles. The maximum absolute atomic E-state index is 13.0. The van der Waals surface area contributed by atoms with E-state index in [1.165, 1.54) is 12.1 Å². The largest absolute Gasteiger partial charge is 0.370 e. The Morgan fingerprint density at radius 3 is 2.59 bits per heavy atom. The minimum atomic E-state index is -0.188. The SMILES string of the molecule is Cn1c(Cl)cnc1CN1CCCN(c2ccc(F)cc2)CC1. The lowest BCUT2D eigenvalue weighted by Gasteiger charge is -2.23. The summed E-state index contributed by atoms with van der Waals surface area (Å²) in [4.78, 5) is 9.06. The third kappa shape index (κ3) is 3.42. The molecule has 118 valence electrons. The van der Waals surface area contributed by atoms with Gasteiger partial charge in [0, 0.05) is 38.9 Å². The number of nitrogens with zero attached hydrogens (tertiary/aromatic N) is 4. The van der Waals surface area contributed by atoms with Crippen LogP contribution in [-0.2, 0) is 13.6 Å². The van der Waals surface area contributed by atoms with Gasteiger partial charge in [-0.3, -0.25) is 4.90 Å². The third-order valence-corrected chi connectivity index (χ3v) is 4.52. The van der Waals surface area contributed by atoms with Gasteiger partial charge in [-0.2, -0.15) is 0 Å². The molecule has 4 nitrogen and oxygen atoms in total. The van der Waals surface area contributed by atoms with Gasteiger partial charge in [-0.1, -0.05) is 11.6 Å². The molecule has 1 aromatic heterocycles. The highest BCUT2D eigenvalue weighted by molar-refractivity contribution is 6.29. The van der Waals surface area contributed by atoms with Gasteiger partial charge in [0.15, 0.2) is 0 Å². The summed E-state index contributed by atoms with van der Waals surface area (Å²) in [6.45, 7) is 4.72. The Kier molecular flexibility index (Phi) is 4.64. The molecule has 0 radical (unpaired) electrons. The molecule has 0 bridgehead atoms. The number of rotatable bonds is 3. The lowest BCUT2D eigenvalue weighted by Crippen LogP contribution is -2.31. The fourth-order valence-corrected chi connectivity index (χ4v) is 2.96. The van der Waals surface area contributed by atoms with Gasteiger partial charge in [0.05, 0.1) is 12.7 Å². The van der Waals surface area contributed by atoms with E-state index in [0.717, 1.165) is 50.7 Å². The van der Waals surface area contributed by atoms with Gasteiger partial charge < -0.3 is 9.47 Å². The first-order valence-corrected chi connectivity index (χ1v) is 7.90. The summed E-state index contributed by atoms with van der Waals surface area (Å²) in [5.74, 6) is 0.798. The molecule has 0 saturated carbocycles. The summed E-state index contributed by atoms with van der Waals surface area (Å²) < 4.78 is 15.0. The normalized spacial score (nSPS) is 16.8. The van der Waals surface area contributed by atoms with E-state index in [-0.39, 0.29) is 5.82 Å². The van der Waals surface area contributed by atoms with Gasteiger partial charge in [-0.05, 0) is 30.7 Å². The predicted octanol–water partition coefficient (Wildman–Crippen LogP) is 2.92. The van der Waals surface area contributed by atoms with Crippen LogP contribution in [0.1, 0.15) is 12.2 Å². The second-order valence-electron chi connectivity index (χ2n) is 5.65. The van der Waals surface area contributed by atoms with Crippen molar-refractivity contribution in [3.05, 3.63) is 47.3 Å². The van der Waals surface area contributed by atoms with Gasteiger partial charge in [0.2, 0.25) is 0 Å². The minimum absolute atomic E-state index is 0.188. The van der Waals surface area contributed by atoms with Crippen molar-refractivity contribution in [2.75, 3.05) is 31.1 Å². The van der Waals surface area contributed by atoms with Crippen LogP contribution >= 0.6 is 11.6 Å². The van der Waals surface area contributed by atoms with Crippen molar-refractivity contribution in [3.63, 3.8) is 0 Å². The van der Waals surface area contributed by atoms with E-state index in [4.69, 9.17) is 11.6 Å². The highest BCUT2D eigenvalue weighted by atomic mass is 35.5. The minimum Gasteiger partial charge on any atom is -0.370 e. The molecule has 0 spiro atoms. The summed E-state index contributed by atoms with van der Waals surface area (Å²) in [5.41, 5.74) is 1.09. The molecule has 2 aromatic rings. The highest BCUT2D eigenvalue weighted by Crippen LogP contribution is 2.18. The Labute approximate surface area is 135 Å². The Morgan fingerprint density at radius 1 is 1.14 bits per heavy atom. The van der Waals surface area contributed by atoms with E-state index in [2.05, 4.69) is 14.8 Å². The highest BCUT2D eigenvalue weighted by Gasteiger charge is 2.17. The molecule has 1 fully saturated rings. The monoisotopic (exact) mass is 322 g/mol. The molecule has 0 N–H and O–H groups in total. The fraction of sp³-hybridized carbons (Fsp3) is 0.438. The van der Waals surface area contributed by atoms with Crippen molar-refractivity contribution < 1.29 is 4.39 Å². The first-order chi connectivity index (χ1) is 10.6. The molecular formula is C16H20ClFN4. The zero-order valence-electron chi connectivity index (χ0n) is 12.7. The predicted molar refractivity (Wildman–Crippen MR) is 86.7 cm³/mol. The van der Waals surface area contributed by atoms with E-state index in [1.807, 2.05) is 23.7 Å². The van der Waals surface area contributed by atoms with E-state index >= 15 is 0 Å². The summed E-state index contributed by atoms with van der Waals surface area (Å²) in [7, 11) is 1.94. The number of imidazole rings is 1. The van der Waals surface area contributed by atoms with Gasteiger partial charge in [0.25, 0.3) is 0 Å². The summed E-state index contributed by atoms with van der Waals surface area (Å²) >= 11 is 6.04. The Morgan fingerprint density at radius 2 is 1.91 bits per heavy atom. The van der Waals surface area contributed by atoms with Crippen molar-refractivity contribution in [2.24, 2.45) is 7.05 Å². The van der Waals surface area contributed by atoms with Crippen LogP contribution in [0, 0.1) is 5.82 Å². The molecule has 0 unspecified atom stereocenters. The fourth-order valence-electron chi connectivity index (χ4n) is 2.81. The first-order valence-electron chi connectivity index (χ1n) is 7.52. The number of hydrogen-bond donors (Lipinski definition) is 0. The Hall–Kier alpha value is -1.59. The Balaban J connectivity index is 1.62. The second kappa shape index (κ2) is 6.67. The Bertz CT molecular complexity index is 626. The van der Waals surface area contributed by atoms with Crippen LogP contribution in [0.15, 0.2) is 30.5 Å². The number of benzene rings is 1. The smallest absolute Gasteiger partial charge is 0.128 e. The third-order valence-electron chi connectivity index (χ3n) is 4.17. The van der Waals surface area contributed by atoms with Crippen LogP contribution in [-0.4, -0.2) is 40.6 Å². The molecule has 2 heterocycles. The zero-order valence-corrected chi connectivity index (χ0v) is 13.4. The van der Waals surface area contributed by atoms with Crippen LogP contribution in [0.4, 0.5) is 10.1 Å². The molecule has 0 atom stereocenters. The molecule has 0 amide bonds. The van der Waals surface area contributed by atoms with Crippen LogP contribution in [0.3, 0.4) is 0 Å². The van der Waals surface area contributed by atoms with Crippen LogP contribution in [0.25, 0.3) is 0 Å². The average Bonchev–Trinajstić information content (AvgIpc) is 2.72. The van der Waals surface area contributed by atoms with E-state index < -0.39 is 0 Å². The summed E-state index contributed by atoms with van der Waals surface area (Å²) in [5, 5.41) is 0.665. The van der Waals surface area contributed by atoms with Gasteiger partial charge >= 0.3 is 0 Å². The van der Waals surface area contributed by atoms with E-state index in [1.54, 1.807) is 6.20 Å². The van der Waals surface area contributed by atoms with Crippen molar-refractivity contribution in [3.8, 4) is 0 Å². The van der Waals surface area contributed by atoms with Gasteiger partial charge in [0.1, 0.15) is 16.8 Å². The van der Waals surface area contributed by atoms with Crippen molar-refractivity contribution in [1.29, 1.82) is 0 Å². The summed E-state index contributed by atoms with van der Waals surface area (Å²) in [6, 6.07) is 6.74. The molecule has 0 aliphatic carbocycles. The molecule has 1 saturated heterocycles. The first kappa shape index (κ1) is 15.3. The lowest BCUT2D eigenvalue weighted by atomic mass is 10.2. The maximum Gasteiger partial charge on any atom is 0.128 e. The summed E-state index contributed by atoms with van der Waals surface area (Å²) in [6.07, 6.45) is 2.77.